The van der Waals surface area contributed by atoms with E-state index in [1.165, 1.54) is 5.56 Å². The van der Waals surface area contributed by atoms with Gasteiger partial charge in [-0.1, -0.05) is 18.2 Å². The highest BCUT2D eigenvalue weighted by molar-refractivity contribution is 5.29. The van der Waals surface area contributed by atoms with Crippen molar-refractivity contribution in [2.45, 2.75) is 18.4 Å². The second kappa shape index (κ2) is 4.07. The molecule has 1 fully saturated rings. The van der Waals surface area contributed by atoms with Gasteiger partial charge in [0.1, 0.15) is 5.75 Å². The minimum atomic E-state index is 0.0380. The molecule has 2 rings (SSSR count). The SMILES string of the molecule is C=CCC1(Cc2ccc(OC)cc2)CO1. The molecule has 1 aromatic rings. The first-order chi connectivity index (χ1) is 7.28. The van der Waals surface area contributed by atoms with Crippen LogP contribution >= 0.6 is 0 Å². The fraction of sp³-hybridized carbons (Fsp3) is 0.385. The molecule has 0 N–H and O–H groups in total. The summed E-state index contributed by atoms with van der Waals surface area (Å²) < 4.78 is 10.6. The van der Waals surface area contributed by atoms with Crippen LogP contribution in [0.4, 0.5) is 0 Å². The number of methoxy groups -OCH3 is 1. The maximum absolute atomic E-state index is 5.49. The molecule has 0 bridgehead atoms. The van der Waals surface area contributed by atoms with Crippen LogP contribution in [-0.4, -0.2) is 19.3 Å². The maximum Gasteiger partial charge on any atom is 0.118 e. The van der Waals surface area contributed by atoms with E-state index in [9.17, 15) is 0 Å². The van der Waals surface area contributed by atoms with Crippen molar-refractivity contribution < 1.29 is 9.47 Å². The Bertz CT molecular complexity index is 336. The summed E-state index contributed by atoms with van der Waals surface area (Å²) in [5, 5.41) is 0. The van der Waals surface area contributed by atoms with Crippen LogP contribution in [0.25, 0.3) is 0 Å². The van der Waals surface area contributed by atoms with E-state index in [1.54, 1.807) is 7.11 Å². The lowest BCUT2D eigenvalue weighted by atomic mass is 9.97. The molecule has 0 saturated carbocycles. The molecule has 1 saturated heterocycles. The average molecular weight is 204 g/mol. The first kappa shape index (κ1) is 10.2. The van der Waals surface area contributed by atoms with Crippen LogP contribution in [0.3, 0.4) is 0 Å². The molecule has 1 atom stereocenters. The fourth-order valence-electron chi connectivity index (χ4n) is 1.77. The Morgan fingerprint density at radius 2 is 2.13 bits per heavy atom. The molecule has 1 aliphatic heterocycles. The number of hydrogen-bond donors (Lipinski definition) is 0. The summed E-state index contributed by atoms with van der Waals surface area (Å²) in [6, 6.07) is 8.15. The minimum absolute atomic E-state index is 0.0380. The van der Waals surface area contributed by atoms with E-state index in [0.29, 0.717) is 0 Å². The van der Waals surface area contributed by atoms with E-state index in [4.69, 9.17) is 9.47 Å². The molecule has 80 valence electrons. The van der Waals surface area contributed by atoms with Crippen LogP contribution < -0.4 is 4.74 Å². The fourth-order valence-corrected chi connectivity index (χ4v) is 1.77. The molecule has 0 aliphatic carbocycles. The molecule has 0 radical (unpaired) electrons. The van der Waals surface area contributed by atoms with E-state index in [-0.39, 0.29) is 5.60 Å². The third-order valence-electron chi connectivity index (χ3n) is 2.75. The van der Waals surface area contributed by atoms with Gasteiger partial charge >= 0.3 is 0 Å². The summed E-state index contributed by atoms with van der Waals surface area (Å²) in [6.07, 6.45) is 3.82. The second-order valence-corrected chi connectivity index (χ2v) is 3.99. The molecule has 0 spiro atoms. The molecular formula is C13H16O2. The van der Waals surface area contributed by atoms with E-state index in [1.807, 2.05) is 18.2 Å². The Morgan fingerprint density at radius 1 is 1.47 bits per heavy atom. The summed E-state index contributed by atoms with van der Waals surface area (Å²) in [7, 11) is 1.68. The summed E-state index contributed by atoms with van der Waals surface area (Å²) in [6.45, 7) is 4.61. The number of rotatable bonds is 5. The van der Waals surface area contributed by atoms with Crippen molar-refractivity contribution in [3.8, 4) is 5.75 Å². The molecule has 1 heterocycles. The maximum atomic E-state index is 5.49. The lowest BCUT2D eigenvalue weighted by molar-refractivity contribution is 0.303. The van der Waals surface area contributed by atoms with Gasteiger partial charge in [-0.15, -0.1) is 6.58 Å². The van der Waals surface area contributed by atoms with Crippen molar-refractivity contribution in [1.29, 1.82) is 0 Å². The Hall–Kier alpha value is -1.28. The van der Waals surface area contributed by atoms with Crippen molar-refractivity contribution in [3.05, 3.63) is 42.5 Å². The monoisotopic (exact) mass is 204 g/mol. The Labute approximate surface area is 90.5 Å². The predicted octanol–water partition coefficient (Wildman–Crippen LogP) is 2.58. The van der Waals surface area contributed by atoms with Crippen LogP contribution in [0.5, 0.6) is 5.75 Å². The van der Waals surface area contributed by atoms with Crippen molar-refractivity contribution in [3.63, 3.8) is 0 Å². The van der Waals surface area contributed by atoms with Crippen molar-refractivity contribution in [1.82, 2.24) is 0 Å². The summed E-state index contributed by atoms with van der Waals surface area (Å²) in [5.41, 5.74) is 1.33. The molecule has 1 unspecified atom stereocenters. The van der Waals surface area contributed by atoms with E-state index in [0.717, 1.165) is 25.2 Å². The van der Waals surface area contributed by atoms with Gasteiger partial charge < -0.3 is 9.47 Å². The van der Waals surface area contributed by atoms with Crippen LogP contribution in [0, 0.1) is 0 Å². The zero-order chi connectivity index (χ0) is 10.7. The predicted molar refractivity (Wildman–Crippen MR) is 60.2 cm³/mol. The topological polar surface area (TPSA) is 21.8 Å². The largest absolute Gasteiger partial charge is 0.497 e. The highest BCUT2D eigenvalue weighted by Crippen LogP contribution is 2.35. The van der Waals surface area contributed by atoms with Gasteiger partial charge in [0.15, 0.2) is 0 Å². The van der Waals surface area contributed by atoms with Crippen LogP contribution in [0.2, 0.25) is 0 Å². The second-order valence-electron chi connectivity index (χ2n) is 3.99. The van der Waals surface area contributed by atoms with Gasteiger partial charge in [0.05, 0.1) is 19.3 Å². The van der Waals surface area contributed by atoms with Crippen LogP contribution in [0.15, 0.2) is 36.9 Å². The summed E-state index contributed by atoms with van der Waals surface area (Å²) in [4.78, 5) is 0. The summed E-state index contributed by atoms with van der Waals surface area (Å²) >= 11 is 0. The number of ether oxygens (including phenoxy) is 2. The van der Waals surface area contributed by atoms with E-state index < -0.39 is 0 Å². The van der Waals surface area contributed by atoms with Gasteiger partial charge in [0.25, 0.3) is 0 Å². The zero-order valence-corrected chi connectivity index (χ0v) is 9.03. The van der Waals surface area contributed by atoms with Gasteiger partial charge in [-0.2, -0.15) is 0 Å². The quantitative estimate of drug-likeness (QED) is 0.543. The Kier molecular flexibility index (Phi) is 2.78. The van der Waals surface area contributed by atoms with Crippen molar-refractivity contribution in [2.24, 2.45) is 0 Å². The third-order valence-corrected chi connectivity index (χ3v) is 2.75. The first-order valence-corrected chi connectivity index (χ1v) is 5.16. The zero-order valence-electron chi connectivity index (χ0n) is 9.03. The lowest BCUT2D eigenvalue weighted by Crippen LogP contribution is -2.13. The van der Waals surface area contributed by atoms with E-state index >= 15 is 0 Å². The molecular weight excluding hydrogens is 188 g/mol. The lowest BCUT2D eigenvalue weighted by Gasteiger charge is -2.09. The summed E-state index contributed by atoms with van der Waals surface area (Å²) in [5.74, 6) is 0.897. The average Bonchev–Trinajstić information content (AvgIpc) is 3.00. The van der Waals surface area contributed by atoms with Gasteiger partial charge in [-0.25, -0.2) is 0 Å². The Balaban J connectivity index is 2.01. The standard InChI is InChI=1S/C13H16O2/c1-3-8-13(10-15-13)9-11-4-6-12(14-2)7-5-11/h3-7H,1,8-10H2,2H3. The first-order valence-electron chi connectivity index (χ1n) is 5.16. The van der Waals surface area contributed by atoms with Crippen LogP contribution in [-0.2, 0) is 11.2 Å². The smallest absolute Gasteiger partial charge is 0.118 e. The molecule has 1 aromatic carbocycles. The molecule has 15 heavy (non-hydrogen) atoms. The number of epoxide rings is 1. The van der Waals surface area contributed by atoms with E-state index in [2.05, 4.69) is 18.7 Å². The van der Waals surface area contributed by atoms with Crippen molar-refractivity contribution in [2.75, 3.05) is 13.7 Å². The normalized spacial score (nSPS) is 23.5. The Morgan fingerprint density at radius 3 is 2.60 bits per heavy atom. The van der Waals surface area contributed by atoms with Gasteiger partial charge in [0.2, 0.25) is 0 Å². The van der Waals surface area contributed by atoms with Gasteiger partial charge in [-0.3, -0.25) is 0 Å². The third kappa shape index (κ3) is 2.39. The molecule has 2 heteroatoms. The highest BCUT2D eigenvalue weighted by atomic mass is 16.6. The minimum Gasteiger partial charge on any atom is -0.497 e. The number of benzene rings is 1. The molecule has 0 aromatic heterocycles. The van der Waals surface area contributed by atoms with Gasteiger partial charge in [-0.05, 0) is 24.1 Å². The molecule has 2 nitrogen and oxygen atoms in total. The molecule has 0 amide bonds. The van der Waals surface area contributed by atoms with Gasteiger partial charge in [0, 0.05) is 6.42 Å². The number of hydrogen-bond acceptors (Lipinski definition) is 2. The molecule has 1 aliphatic rings. The van der Waals surface area contributed by atoms with Crippen molar-refractivity contribution >= 4 is 0 Å². The van der Waals surface area contributed by atoms with Crippen LogP contribution in [0.1, 0.15) is 12.0 Å². The highest BCUT2D eigenvalue weighted by Gasteiger charge is 2.43.